The number of hydroxylamine groups is 1. The number of nitrogens with zero attached hydrogens (tertiary/aromatic N) is 3. The molecule has 1 aromatic carbocycles. The molecule has 0 radical (unpaired) electrons. The van der Waals surface area contributed by atoms with Crippen molar-refractivity contribution in [2.45, 2.75) is 44.0 Å². The molecular formula is C21H25N5O6. The number of nitrogen functional groups attached to an aromatic ring is 1. The largest absolute Gasteiger partial charge is 0.471 e. The highest BCUT2D eigenvalue weighted by Gasteiger charge is 2.35. The molecule has 0 spiro atoms. The fourth-order valence-corrected chi connectivity index (χ4v) is 3.03. The predicted molar refractivity (Wildman–Crippen MR) is 112 cm³/mol. The number of nitriles is 1. The van der Waals surface area contributed by atoms with Crippen LogP contribution in [0.5, 0.6) is 5.88 Å². The number of ether oxygens (including phenoxy) is 1. The Balaban J connectivity index is 1.91. The molecule has 1 aliphatic carbocycles. The molecule has 1 saturated carbocycles. The third-order valence-corrected chi connectivity index (χ3v) is 5.20. The van der Waals surface area contributed by atoms with Crippen LogP contribution in [0.3, 0.4) is 0 Å². The lowest BCUT2D eigenvalue weighted by atomic mass is 9.81. The van der Waals surface area contributed by atoms with E-state index in [-0.39, 0.29) is 29.7 Å². The Morgan fingerprint density at radius 1 is 1.41 bits per heavy atom. The zero-order chi connectivity index (χ0) is 23.3. The number of carbonyl (C=O) groups excluding carboxylic acids is 1. The summed E-state index contributed by atoms with van der Waals surface area (Å²) in [7, 11) is 0. The van der Waals surface area contributed by atoms with Gasteiger partial charge in [0.1, 0.15) is 30.2 Å². The molecule has 2 unspecified atom stereocenters. The van der Waals surface area contributed by atoms with Gasteiger partial charge in [-0.2, -0.15) is 10.2 Å². The van der Waals surface area contributed by atoms with Crippen molar-refractivity contribution in [2.24, 2.45) is 0 Å². The molecule has 2 aromatic rings. The Morgan fingerprint density at radius 2 is 2.16 bits per heavy atom. The fraction of sp³-hybridized carbons (Fsp3) is 0.429. The third-order valence-electron chi connectivity index (χ3n) is 5.20. The Labute approximate surface area is 184 Å². The first-order chi connectivity index (χ1) is 15.3. The number of aliphatic hydroxyl groups is 3. The van der Waals surface area contributed by atoms with Gasteiger partial charge in [-0.05, 0) is 38.3 Å². The second-order valence-electron chi connectivity index (χ2n) is 7.68. The summed E-state index contributed by atoms with van der Waals surface area (Å²) in [5, 5.41) is 38.3. The van der Waals surface area contributed by atoms with E-state index in [1.807, 2.05) is 6.07 Å². The number of amides is 1. The van der Waals surface area contributed by atoms with Gasteiger partial charge in [-0.1, -0.05) is 12.1 Å². The van der Waals surface area contributed by atoms with Gasteiger partial charge >= 0.3 is 0 Å². The highest BCUT2D eigenvalue weighted by molar-refractivity contribution is 6.00. The summed E-state index contributed by atoms with van der Waals surface area (Å²) in [4.78, 5) is 26.3. The maximum Gasteiger partial charge on any atom is 0.284 e. The summed E-state index contributed by atoms with van der Waals surface area (Å²) in [6.45, 7) is 0.829. The van der Waals surface area contributed by atoms with Gasteiger partial charge in [0.15, 0.2) is 5.82 Å². The zero-order valence-corrected chi connectivity index (χ0v) is 17.5. The van der Waals surface area contributed by atoms with Crippen LogP contribution in [0, 0.1) is 11.3 Å². The molecular weight excluding hydrogens is 418 g/mol. The second-order valence-corrected chi connectivity index (χ2v) is 7.68. The topological polar surface area (TPSA) is 184 Å². The van der Waals surface area contributed by atoms with Gasteiger partial charge in [0.2, 0.25) is 5.88 Å². The molecule has 1 amide bonds. The Bertz CT molecular complexity index is 1020. The normalized spacial score (nSPS) is 16.3. The number of aromatic nitrogens is 2. The number of nitrogens with two attached hydrogens (primary N) is 1. The molecule has 0 aliphatic heterocycles. The Kier molecular flexibility index (Phi) is 7.22. The van der Waals surface area contributed by atoms with E-state index in [4.69, 9.17) is 20.6 Å². The van der Waals surface area contributed by atoms with Crippen molar-refractivity contribution in [1.29, 1.82) is 5.26 Å². The molecule has 1 fully saturated rings. The van der Waals surface area contributed by atoms with E-state index in [9.17, 15) is 20.1 Å². The standard InChI is InChI=1S/C21H25N5O6/c1-12(15(28)10-27)32-20-16(19(29)26-31-11-21(30)6-3-7-21)17(23)24-18(25-20)14-5-2-4-13(8-14)9-22/h2,4-5,8,12,15,27-28,30H,3,6-7,10-11H2,1H3,(H,26,29)(H2,23,24,25). The van der Waals surface area contributed by atoms with Crippen molar-refractivity contribution in [3.8, 4) is 23.3 Å². The average molecular weight is 443 g/mol. The minimum Gasteiger partial charge on any atom is -0.471 e. The van der Waals surface area contributed by atoms with Crippen LogP contribution in [0.1, 0.15) is 42.1 Å². The van der Waals surface area contributed by atoms with E-state index >= 15 is 0 Å². The second kappa shape index (κ2) is 9.88. The molecule has 0 saturated heterocycles. The van der Waals surface area contributed by atoms with Gasteiger partial charge in [-0.3, -0.25) is 9.63 Å². The van der Waals surface area contributed by atoms with Crippen LogP contribution < -0.4 is 16.0 Å². The minimum atomic E-state index is -1.24. The molecule has 11 nitrogen and oxygen atoms in total. The van der Waals surface area contributed by atoms with Crippen LogP contribution in [-0.4, -0.2) is 62.2 Å². The summed E-state index contributed by atoms with van der Waals surface area (Å²) in [5.41, 5.74) is 7.88. The van der Waals surface area contributed by atoms with E-state index in [0.29, 0.717) is 24.0 Å². The van der Waals surface area contributed by atoms with E-state index in [1.165, 1.54) is 6.92 Å². The van der Waals surface area contributed by atoms with E-state index in [0.717, 1.165) is 6.42 Å². The number of anilines is 1. The highest BCUT2D eigenvalue weighted by atomic mass is 16.7. The predicted octanol–water partition coefficient (Wildman–Crippen LogP) is 0.294. The van der Waals surface area contributed by atoms with Crippen LogP contribution in [0.4, 0.5) is 5.82 Å². The molecule has 11 heteroatoms. The first-order valence-corrected chi connectivity index (χ1v) is 10.0. The number of benzene rings is 1. The summed E-state index contributed by atoms with van der Waals surface area (Å²) in [6.07, 6.45) is -0.135. The summed E-state index contributed by atoms with van der Waals surface area (Å²) >= 11 is 0. The summed E-state index contributed by atoms with van der Waals surface area (Å²) in [5.74, 6) is -1.16. The fourth-order valence-electron chi connectivity index (χ4n) is 3.03. The lowest BCUT2D eigenvalue weighted by Crippen LogP contribution is -2.44. The van der Waals surface area contributed by atoms with Gasteiger partial charge in [0, 0.05) is 5.56 Å². The van der Waals surface area contributed by atoms with Gasteiger partial charge in [0.25, 0.3) is 5.91 Å². The quantitative estimate of drug-likeness (QED) is 0.338. The summed E-state index contributed by atoms with van der Waals surface area (Å²) in [6, 6.07) is 8.48. The van der Waals surface area contributed by atoms with Crippen molar-refractivity contribution in [3.63, 3.8) is 0 Å². The van der Waals surface area contributed by atoms with Crippen LogP contribution in [0.2, 0.25) is 0 Å². The number of hydrogen-bond donors (Lipinski definition) is 5. The van der Waals surface area contributed by atoms with Gasteiger partial charge in [0.05, 0.1) is 23.8 Å². The first kappa shape index (κ1) is 23.4. The van der Waals surface area contributed by atoms with Crippen LogP contribution in [0.25, 0.3) is 11.4 Å². The molecule has 3 rings (SSSR count). The molecule has 0 bridgehead atoms. The van der Waals surface area contributed by atoms with Gasteiger partial charge in [-0.25, -0.2) is 10.5 Å². The molecule has 170 valence electrons. The molecule has 2 atom stereocenters. The molecule has 1 aliphatic rings. The number of rotatable bonds is 9. The number of hydrogen-bond acceptors (Lipinski definition) is 10. The van der Waals surface area contributed by atoms with Crippen LogP contribution in [0.15, 0.2) is 24.3 Å². The van der Waals surface area contributed by atoms with Crippen LogP contribution in [-0.2, 0) is 4.84 Å². The van der Waals surface area contributed by atoms with Crippen molar-refractivity contribution < 1.29 is 29.7 Å². The van der Waals surface area contributed by atoms with Crippen molar-refractivity contribution in [2.75, 3.05) is 18.9 Å². The molecule has 1 heterocycles. The SMILES string of the molecule is CC(Oc1nc(-c2cccc(C#N)c2)nc(N)c1C(=O)NOCC1(O)CCC1)C(O)CO. The average Bonchev–Trinajstić information content (AvgIpc) is 2.76. The monoisotopic (exact) mass is 443 g/mol. The highest BCUT2D eigenvalue weighted by Crippen LogP contribution is 2.31. The number of aliphatic hydroxyl groups excluding tert-OH is 2. The number of nitrogens with one attached hydrogen (secondary N) is 1. The first-order valence-electron chi connectivity index (χ1n) is 10.0. The molecule has 1 aromatic heterocycles. The van der Waals surface area contributed by atoms with E-state index in [2.05, 4.69) is 15.4 Å². The lowest BCUT2D eigenvalue weighted by Gasteiger charge is -2.35. The molecule has 6 N–H and O–H groups in total. The van der Waals surface area contributed by atoms with Gasteiger partial charge < -0.3 is 25.8 Å². The van der Waals surface area contributed by atoms with Gasteiger partial charge in [-0.15, -0.1) is 0 Å². The third kappa shape index (κ3) is 5.30. The zero-order valence-electron chi connectivity index (χ0n) is 17.5. The Morgan fingerprint density at radius 3 is 2.78 bits per heavy atom. The lowest BCUT2D eigenvalue weighted by molar-refractivity contribution is -0.113. The smallest absolute Gasteiger partial charge is 0.284 e. The minimum absolute atomic E-state index is 0.0889. The number of carbonyl (C=O) groups is 1. The van der Waals surface area contributed by atoms with Crippen LogP contribution >= 0.6 is 0 Å². The summed E-state index contributed by atoms with van der Waals surface area (Å²) < 4.78 is 5.63. The maximum absolute atomic E-state index is 12.7. The van der Waals surface area contributed by atoms with Crippen molar-refractivity contribution in [3.05, 3.63) is 35.4 Å². The van der Waals surface area contributed by atoms with E-state index in [1.54, 1.807) is 24.3 Å². The Hall–Kier alpha value is -3.30. The van der Waals surface area contributed by atoms with Crippen molar-refractivity contribution >= 4 is 11.7 Å². The van der Waals surface area contributed by atoms with Crippen molar-refractivity contribution in [1.82, 2.24) is 15.4 Å². The van der Waals surface area contributed by atoms with E-state index < -0.39 is 30.3 Å². The molecule has 32 heavy (non-hydrogen) atoms. The maximum atomic E-state index is 12.7.